The van der Waals surface area contributed by atoms with Gasteiger partial charge in [0.05, 0.1) is 0 Å². The summed E-state index contributed by atoms with van der Waals surface area (Å²) < 4.78 is 0. The molecule has 2 saturated carbocycles. The Bertz CT molecular complexity index is 513. The van der Waals surface area contributed by atoms with E-state index in [0.717, 1.165) is 43.3 Å². The third-order valence-corrected chi connectivity index (χ3v) is 5.44. The number of anilines is 3. The lowest BCUT2D eigenvalue weighted by atomic mass is 9.89. The van der Waals surface area contributed by atoms with Crippen molar-refractivity contribution >= 4 is 17.8 Å². The molecule has 0 radical (unpaired) electrons. The summed E-state index contributed by atoms with van der Waals surface area (Å²) in [7, 11) is 0. The van der Waals surface area contributed by atoms with Gasteiger partial charge in [-0.3, -0.25) is 0 Å². The van der Waals surface area contributed by atoms with E-state index in [1.807, 2.05) is 0 Å². The molecule has 1 saturated heterocycles. The monoisotopic (exact) mass is 288 g/mol. The highest BCUT2D eigenvalue weighted by Crippen LogP contribution is 2.48. The van der Waals surface area contributed by atoms with E-state index in [1.54, 1.807) is 0 Å². The van der Waals surface area contributed by atoms with Gasteiger partial charge in [0.2, 0.25) is 17.8 Å². The number of nitrogens with zero attached hydrogens (tertiary/aromatic N) is 4. The van der Waals surface area contributed by atoms with Crippen LogP contribution in [0, 0.1) is 17.8 Å². The zero-order chi connectivity index (χ0) is 14.2. The fourth-order valence-corrected chi connectivity index (χ4v) is 4.37. The van der Waals surface area contributed by atoms with E-state index in [-0.39, 0.29) is 0 Å². The van der Waals surface area contributed by atoms with E-state index in [1.165, 1.54) is 38.5 Å². The molecule has 3 unspecified atom stereocenters. The molecule has 6 nitrogen and oxygen atoms in total. The number of nitrogens with one attached hydrogen (secondary N) is 1. The van der Waals surface area contributed by atoms with Gasteiger partial charge in [-0.05, 0) is 49.9 Å². The van der Waals surface area contributed by atoms with Crippen LogP contribution in [0.2, 0.25) is 0 Å². The molecule has 4 rings (SSSR count). The Morgan fingerprint density at radius 1 is 1.10 bits per heavy atom. The van der Waals surface area contributed by atoms with E-state index in [0.29, 0.717) is 11.9 Å². The fourth-order valence-electron chi connectivity index (χ4n) is 4.37. The number of hydrogen-bond donors (Lipinski definition) is 2. The second kappa shape index (κ2) is 5.31. The maximum Gasteiger partial charge on any atom is 0.231 e. The predicted octanol–water partition coefficient (Wildman–Crippen LogP) is 1.90. The second-order valence-electron chi connectivity index (χ2n) is 6.83. The van der Waals surface area contributed by atoms with E-state index >= 15 is 0 Å². The van der Waals surface area contributed by atoms with Gasteiger partial charge >= 0.3 is 0 Å². The summed E-state index contributed by atoms with van der Waals surface area (Å²) in [6, 6.07) is 0. The fraction of sp³-hybridized carbons (Fsp3) is 0.800. The summed E-state index contributed by atoms with van der Waals surface area (Å²) >= 11 is 0. The minimum Gasteiger partial charge on any atom is -0.368 e. The summed E-state index contributed by atoms with van der Waals surface area (Å²) in [6.07, 6.45) is 8.08. The van der Waals surface area contributed by atoms with Gasteiger partial charge in [-0.2, -0.15) is 15.0 Å². The molecule has 3 atom stereocenters. The topological polar surface area (TPSA) is 80.0 Å². The molecule has 3 N–H and O–H groups in total. The highest BCUT2D eigenvalue weighted by atomic mass is 15.3. The summed E-state index contributed by atoms with van der Waals surface area (Å²) in [5.74, 6) is 4.38. The van der Waals surface area contributed by atoms with E-state index < -0.39 is 0 Å². The second-order valence-corrected chi connectivity index (χ2v) is 6.83. The number of aromatic nitrogens is 3. The Morgan fingerprint density at radius 2 is 1.95 bits per heavy atom. The van der Waals surface area contributed by atoms with Crippen LogP contribution in [0.1, 0.15) is 38.5 Å². The highest BCUT2D eigenvalue weighted by molar-refractivity contribution is 5.42. The zero-order valence-electron chi connectivity index (χ0n) is 12.5. The summed E-state index contributed by atoms with van der Waals surface area (Å²) in [5, 5.41) is 3.41. The van der Waals surface area contributed by atoms with Crippen LogP contribution >= 0.6 is 0 Å². The van der Waals surface area contributed by atoms with E-state index in [2.05, 4.69) is 25.2 Å². The van der Waals surface area contributed by atoms with Gasteiger partial charge in [0.25, 0.3) is 0 Å². The van der Waals surface area contributed by atoms with Gasteiger partial charge in [-0.25, -0.2) is 0 Å². The summed E-state index contributed by atoms with van der Waals surface area (Å²) in [4.78, 5) is 15.3. The van der Waals surface area contributed by atoms with Crippen molar-refractivity contribution in [2.24, 2.45) is 17.8 Å². The van der Waals surface area contributed by atoms with Crippen molar-refractivity contribution in [2.45, 2.75) is 38.5 Å². The Hall–Kier alpha value is -1.59. The van der Waals surface area contributed by atoms with Gasteiger partial charge < -0.3 is 16.0 Å². The van der Waals surface area contributed by atoms with E-state index in [4.69, 9.17) is 5.73 Å². The standard InChI is InChI=1S/C15H24N6/c16-13-18-14(20-15(19-13)21-5-1-2-6-21)17-9-12-8-10-3-4-11(12)7-10/h10-12H,1-9H2,(H3,16,17,18,19,20). The van der Waals surface area contributed by atoms with Crippen molar-refractivity contribution in [1.82, 2.24) is 15.0 Å². The lowest BCUT2D eigenvalue weighted by Crippen LogP contribution is -2.24. The molecule has 1 aromatic rings. The average Bonchev–Trinajstić information content (AvgIpc) is 3.21. The average molecular weight is 288 g/mol. The molecule has 1 aromatic heterocycles. The first-order valence-corrected chi connectivity index (χ1v) is 8.28. The molecule has 2 aliphatic carbocycles. The maximum atomic E-state index is 5.84. The molecule has 3 aliphatic rings. The first-order chi connectivity index (χ1) is 10.3. The lowest BCUT2D eigenvalue weighted by molar-refractivity contribution is 0.348. The zero-order valence-corrected chi connectivity index (χ0v) is 12.5. The molecular formula is C15H24N6. The summed E-state index contributed by atoms with van der Waals surface area (Å²) in [6.45, 7) is 3.02. The van der Waals surface area contributed by atoms with Crippen LogP contribution in [0.5, 0.6) is 0 Å². The van der Waals surface area contributed by atoms with Gasteiger partial charge in [0, 0.05) is 19.6 Å². The normalized spacial score (nSPS) is 31.0. The Kier molecular flexibility index (Phi) is 3.31. The third kappa shape index (κ3) is 2.63. The first-order valence-electron chi connectivity index (χ1n) is 8.28. The van der Waals surface area contributed by atoms with Crippen molar-refractivity contribution in [3.05, 3.63) is 0 Å². The van der Waals surface area contributed by atoms with E-state index in [9.17, 15) is 0 Å². The molecule has 1 aliphatic heterocycles. The molecule has 0 spiro atoms. The van der Waals surface area contributed by atoms with Crippen LogP contribution in [0.4, 0.5) is 17.8 Å². The number of hydrogen-bond acceptors (Lipinski definition) is 6. The lowest BCUT2D eigenvalue weighted by Gasteiger charge is -2.22. The smallest absolute Gasteiger partial charge is 0.231 e. The number of nitrogens with two attached hydrogens (primary N) is 1. The van der Waals surface area contributed by atoms with Gasteiger partial charge in [0.1, 0.15) is 0 Å². The quantitative estimate of drug-likeness (QED) is 0.881. The molecule has 0 aromatic carbocycles. The largest absolute Gasteiger partial charge is 0.368 e. The van der Waals surface area contributed by atoms with Crippen LogP contribution in [0.3, 0.4) is 0 Å². The number of rotatable bonds is 4. The van der Waals surface area contributed by atoms with Crippen molar-refractivity contribution < 1.29 is 0 Å². The first kappa shape index (κ1) is 13.1. The predicted molar refractivity (Wildman–Crippen MR) is 83.1 cm³/mol. The van der Waals surface area contributed by atoms with Crippen LogP contribution in [0.15, 0.2) is 0 Å². The molecule has 21 heavy (non-hydrogen) atoms. The molecule has 0 amide bonds. The minimum absolute atomic E-state index is 0.322. The van der Waals surface area contributed by atoms with Crippen molar-refractivity contribution in [2.75, 3.05) is 35.6 Å². The van der Waals surface area contributed by atoms with Crippen molar-refractivity contribution in [3.63, 3.8) is 0 Å². The molecule has 3 fully saturated rings. The van der Waals surface area contributed by atoms with Crippen molar-refractivity contribution in [3.8, 4) is 0 Å². The molecular weight excluding hydrogens is 264 g/mol. The van der Waals surface area contributed by atoms with Gasteiger partial charge in [-0.1, -0.05) is 6.42 Å². The Balaban J connectivity index is 1.42. The number of fused-ring (bicyclic) bond motifs is 2. The van der Waals surface area contributed by atoms with Gasteiger partial charge in [0.15, 0.2) is 0 Å². The highest BCUT2D eigenvalue weighted by Gasteiger charge is 2.39. The SMILES string of the molecule is Nc1nc(NCC2CC3CCC2C3)nc(N2CCCC2)n1. The molecule has 114 valence electrons. The van der Waals surface area contributed by atoms with Gasteiger partial charge in [-0.15, -0.1) is 0 Å². The molecule has 6 heteroatoms. The van der Waals surface area contributed by atoms with Crippen LogP contribution in [-0.2, 0) is 0 Å². The maximum absolute atomic E-state index is 5.84. The Labute approximate surface area is 125 Å². The summed E-state index contributed by atoms with van der Waals surface area (Å²) in [5.41, 5.74) is 5.84. The van der Waals surface area contributed by atoms with Crippen molar-refractivity contribution in [1.29, 1.82) is 0 Å². The van der Waals surface area contributed by atoms with Crippen LogP contribution in [-0.4, -0.2) is 34.6 Å². The minimum atomic E-state index is 0.322. The molecule has 2 bridgehead atoms. The van der Waals surface area contributed by atoms with Crippen LogP contribution in [0.25, 0.3) is 0 Å². The Morgan fingerprint density at radius 3 is 2.67 bits per heavy atom. The third-order valence-electron chi connectivity index (χ3n) is 5.44. The number of nitrogen functional groups attached to an aromatic ring is 1. The van der Waals surface area contributed by atoms with Crippen LogP contribution < -0.4 is 16.0 Å². The molecule has 2 heterocycles.